The Bertz CT molecular complexity index is 925. The SMILES string of the molecule is C=C(N=C(C)C1=CC(C)CC=C1)c1cccc(C)c1-c1ccccc1C. The molecule has 0 heterocycles. The molecule has 0 saturated carbocycles. The summed E-state index contributed by atoms with van der Waals surface area (Å²) in [5.74, 6) is 0.565. The Balaban J connectivity index is 2.04. The second-order valence-corrected chi connectivity index (χ2v) is 7.19. The molecule has 0 N–H and O–H groups in total. The Morgan fingerprint density at radius 3 is 2.50 bits per heavy atom. The molecule has 0 amide bonds. The number of allylic oxidation sites excluding steroid dienone is 4. The number of nitrogens with zero attached hydrogens (tertiary/aromatic N) is 1. The zero-order valence-corrected chi connectivity index (χ0v) is 16.2. The van der Waals surface area contributed by atoms with Crippen LogP contribution in [0.3, 0.4) is 0 Å². The van der Waals surface area contributed by atoms with Crippen molar-refractivity contribution >= 4 is 11.4 Å². The van der Waals surface area contributed by atoms with Gasteiger partial charge in [-0.1, -0.05) is 74.2 Å². The van der Waals surface area contributed by atoms with Gasteiger partial charge in [-0.3, -0.25) is 4.99 Å². The van der Waals surface area contributed by atoms with E-state index >= 15 is 0 Å². The van der Waals surface area contributed by atoms with E-state index in [0.29, 0.717) is 5.92 Å². The molecule has 0 fully saturated rings. The van der Waals surface area contributed by atoms with E-state index in [1.807, 2.05) is 0 Å². The van der Waals surface area contributed by atoms with Crippen LogP contribution in [0.15, 0.2) is 77.8 Å². The topological polar surface area (TPSA) is 12.4 Å². The van der Waals surface area contributed by atoms with Crippen molar-refractivity contribution < 1.29 is 0 Å². The van der Waals surface area contributed by atoms with Gasteiger partial charge in [0.1, 0.15) is 0 Å². The van der Waals surface area contributed by atoms with Crippen LogP contribution in [0.5, 0.6) is 0 Å². The summed E-state index contributed by atoms with van der Waals surface area (Å²) in [6.45, 7) is 12.9. The smallest absolute Gasteiger partial charge is 0.0640 e. The monoisotopic (exact) mass is 341 g/mol. The highest BCUT2D eigenvalue weighted by molar-refractivity contribution is 6.04. The first-order chi connectivity index (χ1) is 12.5. The van der Waals surface area contributed by atoms with Crippen molar-refractivity contribution in [1.29, 1.82) is 0 Å². The van der Waals surface area contributed by atoms with Gasteiger partial charge in [-0.15, -0.1) is 0 Å². The van der Waals surface area contributed by atoms with Gasteiger partial charge in [-0.25, -0.2) is 0 Å². The summed E-state index contributed by atoms with van der Waals surface area (Å²) in [4.78, 5) is 4.86. The zero-order valence-electron chi connectivity index (χ0n) is 16.2. The van der Waals surface area contributed by atoms with E-state index in [-0.39, 0.29) is 0 Å². The van der Waals surface area contributed by atoms with Gasteiger partial charge in [-0.2, -0.15) is 0 Å². The molecule has 0 radical (unpaired) electrons. The molecule has 0 aliphatic heterocycles. The number of hydrogen-bond acceptors (Lipinski definition) is 1. The Hall–Kier alpha value is -2.67. The molecule has 1 heteroatoms. The fourth-order valence-corrected chi connectivity index (χ4v) is 3.53. The fourth-order valence-electron chi connectivity index (χ4n) is 3.53. The van der Waals surface area contributed by atoms with Crippen molar-refractivity contribution in [2.75, 3.05) is 0 Å². The predicted molar refractivity (Wildman–Crippen MR) is 114 cm³/mol. The quantitative estimate of drug-likeness (QED) is 0.535. The van der Waals surface area contributed by atoms with Crippen LogP contribution in [0.1, 0.15) is 37.0 Å². The van der Waals surface area contributed by atoms with Crippen LogP contribution < -0.4 is 0 Å². The number of aliphatic imine (C=N–C) groups is 1. The molecule has 0 aromatic heterocycles. The van der Waals surface area contributed by atoms with Gasteiger partial charge in [0.15, 0.2) is 0 Å². The minimum Gasteiger partial charge on any atom is -0.253 e. The second kappa shape index (κ2) is 7.70. The normalized spacial score (nSPS) is 17.2. The van der Waals surface area contributed by atoms with Crippen LogP contribution in [0.4, 0.5) is 0 Å². The number of benzene rings is 2. The first-order valence-electron chi connectivity index (χ1n) is 9.26. The summed E-state index contributed by atoms with van der Waals surface area (Å²) < 4.78 is 0. The summed E-state index contributed by atoms with van der Waals surface area (Å²) in [6.07, 6.45) is 7.80. The summed E-state index contributed by atoms with van der Waals surface area (Å²) in [6, 6.07) is 14.9. The van der Waals surface area contributed by atoms with E-state index in [4.69, 9.17) is 4.99 Å². The lowest BCUT2D eigenvalue weighted by atomic mass is 9.91. The molecule has 0 bridgehead atoms. The largest absolute Gasteiger partial charge is 0.253 e. The van der Waals surface area contributed by atoms with Crippen LogP contribution in [-0.4, -0.2) is 5.71 Å². The van der Waals surface area contributed by atoms with E-state index in [1.54, 1.807) is 0 Å². The van der Waals surface area contributed by atoms with Gasteiger partial charge in [0, 0.05) is 11.3 Å². The number of rotatable bonds is 4. The fraction of sp³-hybridized carbons (Fsp3) is 0.240. The third-order valence-corrected chi connectivity index (χ3v) is 4.99. The highest BCUT2D eigenvalue weighted by Crippen LogP contribution is 2.34. The van der Waals surface area contributed by atoms with Crippen molar-refractivity contribution in [1.82, 2.24) is 0 Å². The van der Waals surface area contributed by atoms with E-state index in [9.17, 15) is 0 Å². The van der Waals surface area contributed by atoms with Gasteiger partial charge < -0.3 is 0 Å². The van der Waals surface area contributed by atoms with E-state index in [1.165, 1.54) is 27.8 Å². The van der Waals surface area contributed by atoms with Crippen molar-refractivity contribution in [3.63, 3.8) is 0 Å². The molecule has 1 aliphatic rings. The highest BCUT2D eigenvalue weighted by Gasteiger charge is 2.13. The summed E-state index contributed by atoms with van der Waals surface area (Å²) in [5, 5.41) is 0. The highest BCUT2D eigenvalue weighted by atomic mass is 14.8. The molecule has 0 saturated heterocycles. The summed E-state index contributed by atoms with van der Waals surface area (Å²) in [7, 11) is 0. The molecule has 2 aromatic rings. The minimum absolute atomic E-state index is 0.565. The first kappa shape index (κ1) is 18.1. The van der Waals surface area contributed by atoms with Crippen LogP contribution in [-0.2, 0) is 0 Å². The Labute approximate surface area is 157 Å². The van der Waals surface area contributed by atoms with Crippen molar-refractivity contribution in [3.05, 3.63) is 89.5 Å². The number of aryl methyl sites for hydroxylation is 2. The van der Waals surface area contributed by atoms with Crippen molar-refractivity contribution in [2.45, 2.75) is 34.1 Å². The number of hydrogen-bond donors (Lipinski definition) is 0. The molecule has 2 aromatic carbocycles. The molecule has 1 nitrogen and oxygen atoms in total. The molecular formula is C25H27N. The van der Waals surface area contributed by atoms with Crippen LogP contribution >= 0.6 is 0 Å². The molecule has 26 heavy (non-hydrogen) atoms. The second-order valence-electron chi connectivity index (χ2n) is 7.19. The Morgan fingerprint density at radius 1 is 1.04 bits per heavy atom. The van der Waals surface area contributed by atoms with Gasteiger partial charge in [0.05, 0.1) is 5.70 Å². The maximum absolute atomic E-state index is 4.86. The minimum atomic E-state index is 0.565. The third-order valence-electron chi connectivity index (χ3n) is 4.99. The Kier molecular flexibility index (Phi) is 5.37. The molecule has 1 aliphatic carbocycles. The molecule has 1 atom stereocenters. The van der Waals surface area contributed by atoms with E-state index in [0.717, 1.165) is 23.4 Å². The molecule has 3 rings (SSSR count). The average Bonchev–Trinajstić information content (AvgIpc) is 2.62. The lowest BCUT2D eigenvalue weighted by molar-refractivity contribution is 0.733. The van der Waals surface area contributed by atoms with Gasteiger partial charge >= 0.3 is 0 Å². The van der Waals surface area contributed by atoms with E-state index in [2.05, 4.69) is 95.0 Å². The molecule has 132 valence electrons. The van der Waals surface area contributed by atoms with E-state index < -0.39 is 0 Å². The van der Waals surface area contributed by atoms with Crippen molar-refractivity contribution in [2.24, 2.45) is 10.9 Å². The first-order valence-corrected chi connectivity index (χ1v) is 9.26. The third kappa shape index (κ3) is 3.77. The van der Waals surface area contributed by atoms with Crippen LogP contribution in [0.2, 0.25) is 0 Å². The predicted octanol–water partition coefficient (Wildman–Crippen LogP) is 6.92. The zero-order chi connectivity index (χ0) is 18.7. The average molecular weight is 341 g/mol. The van der Waals surface area contributed by atoms with Gasteiger partial charge in [0.2, 0.25) is 0 Å². The van der Waals surface area contributed by atoms with Crippen molar-refractivity contribution in [3.8, 4) is 11.1 Å². The van der Waals surface area contributed by atoms with Gasteiger partial charge in [-0.05, 0) is 60.9 Å². The summed E-state index contributed by atoms with van der Waals surface area (Å²) in [5.41, 5.74) is 9.14. The lowest BCUT2D eigenvalue weighted by Crippen LogP contribution is -2.03. The maximum Gasteiger partial charge on any atom is 0.0640 e. The van der Waals surface area contributed by atoms with Crippen LogP contribution in [0.25, 0.3) is 16.8 Å². The molecule has 0 spiro atoms. The van der Waals surface area contributed by atoms with Gasteiger partial charge in [0.25, 0.3) is 0 Å². The molecular weight excluding hydrogens is 314 g/mol. The standard InChI is InChI=1S/C25H27N/c1-17-10-8-13-22(16-17)20(4)26-21(5)24-15-9-12-19(3)25(24)23-14-7-6-11-18(23)2/h6-9,11-17H,5,10H2,1-4H3. The summed E-state index contributed by atoms with van der Waals surface area (Å²) >= 11 is 0. The molecule has 1 unspecified atom stereocenters. The lowest BCUT2D eigenvalue weighted by Gasteiger charge is -2.16. The van der Waals surface area contributed by atoms with Crippen LogP contribution in [0, 0.1) is 19.8 Å². The Morgan fingerprint density at radius 2 is 1.77 bits per heavy atom. The maximum atomic E-state index is 4.86.